The van der Waals surface area contributed by atoms with Gasteiger partial charge in [0.1, 0.15) is 0 Å². The van der Waals surface area contributed by atoms with Crippen LogP contribution in [0.2, 0.25) is 77.6 Å². The van der Waals surface area contributed by atoms with Gasteiger partial charge in [-0.15, -0.1) is 0 Å². The minimum absolute atomic E-state index is 0.365. The maximum atomic E-state index is 11.2. The van der Waals surface area contributed by atoms with Crippen LogP contribution in [0.25, 0.3) is 0 Å². The molecule has 0 aliphatic carbocycles. The molecule has 8 nitrogen and oxygen atoms in total. The topological polar surface area (TPSA) is 89.5 Å². The Kier molecular flexibility index (Phi) is 14.1. The molecule has 0 aromatic carbocycles. The lowest BCUT2D eigenvalue weighted by Crippen LogP contribution is -2.58. The number of hydrogen-bond acceptors (Lipinski definition) is 8. The zero-order valence-electron chi connectivity index (χ0n) is 23.6. The normalized spacial score (nSPS) is 13.3. The molecule has 0 fully saturated rings. The van der Waals surface area contributed by atoms with E-state index in [1.54, 1.807) is 0 Å². The molecule has 0 heterocycles. The molecule has 0 N–H and O–H groups in total. The molecule has 0 aliphatic rings. The highest BCUT2D eigenvalue weighted by molar-refractivity contribution is 6.90. The fourth-order valence-electron chi connectivity index (χ4n) is 4.14. The average Bonchev–Trinajstić information content (AvgIpc) is 2.64. The zero-order chi connectivity index (χ0) is 27.6. The van der Waals surface area contributed by atoms with Crippen molar-refractivity contribution in [3.63, 3.8) is 0 Å². The minimum atomic E-state index is -2.53. The van der Waals surface area contributed by atoms with Crippen molar-refractivity contribution in [2.75, 3.05) is 13.2 Å². The highest BCUT2D eigenvalue weighted by Gasteiger charge is 2.45. The van der Waals surface area contributed by atoms with Crippen LogP contribution in [0.5, 0.6) is 0 Å². The largest absolute Gasteiger partial charge is 0.463 e. The van der Waals surface area contributed by atoms with Crippen molar-refractivity contribution in [1.82, 2.24) is 0 Å². The third-order valence-corrected chi connectivity index (χ3v) is 24.0. The van der Waals surface area contributed by atoms with E-state index in [4.69, 9.17) is 25.9 Å². The number of hydrogen-bond donors (Lipinski definition) is 0. The standard InChI is InChI=1S/C22H48O8Si5/c1-13-21(23)25-17-15-19-31(3,4)27-33(7,8)29-35(11,12)30-34(9,10)28-32(5,6)20-16-18-26-22(24)14-2/h13-14H,1-2,15-20H2,3-12H3. The summed E-state index contributed by atoms with van der Waals surface area (Å²) in [5.74, 6) is -0.797. The van der Waals surface area contributed by atoms with Gasteiger partial charge in [0, 0.05) is 12.2 Å². The van der Waals surface area contributed by atoms with Crippen molar-refractivity contribution in [3.8, 4) is 0 Å². The molecule has 204 valence electrons. The summed E-state index contributed by atoms with van der Waals surface area (Å²) in [6, 6.07) is 1.73. The monoisotopic (exact) mass is 580 g/mol. The van der Waals surface area contributed by atoms with Crippen LogP contribution >= 0.6 is 0 Å². The number of carbonyl (C=O) groups excluding carboxylic acids is 2. The van der Waals surface area contributed by atoms with Gasteiger partial charge >= 0.3 is 37.6 Å². The Morgan fingerprint density at radius 1 is 0.571 bits per heavy atom. The summed E-state index contributed by atoms with van der Waals surface area (Å²) in [5.41, 5.74) is 0. The summed E-state index contributed by atoms with van der Waals surface area (Å²) in [6.45, 7) is 28.6. The van der Waals surface area contributed by atoms with E-state index < -0.39 is 54.3 Å². The maximum Gasteiger partial charge on any atom is 0.330 e. The second-order valence-corrected chi connectivity index (χ2v) is 30.8. The molecule has 0 bridgehead atoms. The van der Waals surface area contributed by atoms with E-state index in [0.29, 0.717) is 13.2 Å². The first-order chi connectivity index (χ1) is 15.7. The number of carbonyl (C=O) groups is 2. The fourth-order valence-corrected chi connectivity index (χ4v) is 28.7. The zero-order valence-corrected chi connectivity index (χ0v) is 28.6. The van der Waals surface area contributed by atoms with E-state index in [1.165, 1.54) is 12.2 Å². The van der Waals surface area contributed by atoms with Crippen LogP contribution in [0.3, 0.4) is 0 Å². The van der Waals surface area contributed by atoms with Gasteiger partial charge in [0.05, 0.1) is 13.2 Å². The molecule has 0 aromatic heterocycles. The smallest absolute Gasteiger partial charge is 0.330 e. The molecule has 0 unspecified atom stereocenters. The summed E-state index contributed by atoms with van der Waals surface area (Å²) in [7, 11) is -11.5. The third-order valence-electron chi connectivity index (χ3n) is 4.70. The van der Waals surface area contributed by atoms with Crippen LogP contribution in [0.15, 0.2) is 25.3 Å². The van der Waals surface area contributed by atoms with Gasteiger partial charge in [-0.1, -0.05) is 13.2 Å². The Morgan fingerprint density at radius 2 is 0.857 bits per heavy atom. The summed E-state index contributed by atoms with van der Waals surface area (Å²) >= 11 is 0. The van der Waals surface area contributed by atoms with Crippen molar-refractivity contribution in [3.05, 3.63) is 25.3 Å². The van der Waals surface area contributed by atoms with Gasteiger partial charge in [0.25, 0.3) is 0 Å². The van der Waals surface area contributed by atoms with Gasteiger partial charge < -0.3 is 25.9 Å². The summed E-state index contributed by atoms with van der Waals surface area (Å²) < 4.78 is 36.5. The molecular formula is C22H48O8Si5. The van der Waals surface area contributed by atoms with Crippen LogP contribution in [0.1, 0.15) is 12.8 Å². The number of esters is 2. The first-order valence-corrected chi connectivity index (χ1v) is 26.8. The van der Waals surface area contributed by atoms with E-state index in [-0.39, 0.29) is 0 Å². The molecule has 0 rings (SSSR count). The van der Waals surface area contributed by atoms with Gasteiger partial charge in [0.2, 0.25) is 0 Å². The van der Waals surface area contributed by atoms with Gasteiger partial charge in [-0.25, -0.2) is 9.59 Å². The Hall–Kier alpha value is -0.656. The van der Waals surface area contributed by atoms with Crippen LogP contribution < -0.4 is 0 Å². The van der Waals surface area contributed by atoms with Crippen LogP contribution in [-0.4, -0.2) is 67.5 Å². The van der Waals surface area contributed by atoms with Crippen LogP contribution in [0, 0.1) is 0 Å². The Bertz CT molecular complexity index is 665. The third kappa shape index (κ3) is 17.4. The summed E-state index contributed by atoms with van der Waals surface area (Å²) in [6.07, 6.45) is 3.85. The summed E-state index contributed by atoms with van der Waals surface area (Å²) in [4.78, 5) is 22.4. The van der Waals surface area contributed by atoms with E-state index >= 15 is 0 Å². The molecule has 13 heteroatoms. The predicted octanol–water partition coefficient (Wildman–Crippen LogP) is 5.81. The molecule has 0 spiro atoms. The second-order valence-electron chi connectivity index (χ2n) is 11.1. The Morgan fingerprint density at radius 3 is 1.14 bits per heavy atom. The van der Waals surface area contributed by atoms with E-state index in [1.807, 2.05) is 0 Å². The SMILES string of the molecule is C=CC(=O)OCCC[Si](C)(C)O[Si](C)(C)O[Si](C)(C)O[Si](C)(C)O[Si](C)(C)CCCOC(=O)C=C. The molecule has 0 saturated carbocycles. The summed E-state index contributed by atoms with van der Waals surface area (Å²) in [5, 5.41) is 0. The van der Waals surface area contributed by atoms with Crippen LogP contribution in [0.4, 0.5) is 0 Å². The number of ether oxygens (including phenoxy) is 2. The maximum absolute atomic E-state index is 11.2. The van der Waals surface area contributed by atoms with Crippen molar-refractivity contribution < 1.29 is 35.5 Å². The molecule has 0 aromatic rings. The predicted molar refractivity (Wildman–Crippen MR) is 153 cm³/mol. The van der Waals surface area contributed by atoms with Crippen molar-refractivity contribution >= 4 is 54.3 Å². The van der Waals surface area contributed by atoms with Gasteiger partial charge in [-0.2, -0.15) is 0 Å². The molecular weight excluding hydrogens is 533 g/mol. The Labute approximate surface area is 218 Å². The highest BCUT2D eigenvalue weighted by Crippen LogP contribution is 2.28. The van der Waals surface area contributed by atoms with Crippen LogP contribution in [-0.2, 0) is 35.5 Å². The number of rotatable bonds is 18. The first-order valence-electron chi connectivity index (χ1n) is 12.1. The molecule has 0 saturated heterocycles. The molecule has 0 aliphatic heterocycles. The van der Waals surface area contributed by atoms with Gasteiger partial charge in [-0.05, 0) is 90.4 Å². The van der Waals surface area contributed by atoms with Gasteiger partial charge in [0.15, 0.2) is 16.6 Å². The van der Waals surface area contributed by atoms with Crippen molar-refractivity contribution in [1.29, 1.82) is 0 Å². The second kappa shape index (κ2) is 14.3. The lowest BCUT2D eigenvalue weighted by atomic mass is 10.5. The quantitative estimate of drug-likeness (QED) is 0.0869. The fraction of sp³-hybridized carbons (Fsp3) is 0.727. The first kappa shape index (κ1) is 34.3. The van der Waals surface area contributed by atoms with E-state index in [2.05, 4.69) is 78.6 Å². The highest BCUT2D eigenvalue weighted by atomic mass is 28.5. The van der Waals surface area contributed by atoms with E-state index in [9.17, 15) is 9.59 Å². The lowest BCUT2D eigenvalue weighted by molar-refractivity contribution is -0.138. The van der Waals surface area contributed by atoms with E-state index in [0.717, 1.165) is 24.9 Å². The van der Waals surface area contributed by atoms with Gasteiger partial charge in [-0.3, -0.25) is 0 Å². The molecule has 0 radical (unpaired) electrons. The molecule has 0 amide bonds. The van der Waals surface area contributed by atoms with Crippen molar-refractivity contribution in [2.24, 2.45) is 0 Å². The molecule has 0 atom stereocenters. The Balaban J connectivity index is 4.84. The average molecular weight is 581 g/mol. The molecule has 35 heavy (non-hydrogen) atoms. The lowest BCUT2D eigenvalue weighted by Gasteiger charge is -2.42. The minimum Gasteiger partial charge on any atom is -0.463 e. The van der Waals surface area contributed by atoms with Crippen molar-refractivity contribution in [2.45, 2.75) is 90.4 Å².